The molecule has 6 heteroatoms. The Labute approximate surface area is 135 Å². The molecule has 6 nitrogen and oxygen atoms in total. The van der Waals surface area contributed by atoms with Gasteiger partial charge in [-0.3, -0.25) is 9.78 Å². The summed E-state index contributed by atoms with van der Waals surface area (Å²) in [5, 5.41) is 5.65. The van der Waals surface area contributed by atoms with Crippen molar-refractivity contribution in [3.8, 4) is 0 Å². The van der Waals surface area contributed by atoms with Crippen molar-refractivity contribution < 1.29 is 4.79 Å². The molecule has 0 unspecified atom stereocenters. The molecule has 0 bridgehead atoms. The number of aromatic nitrogens is 1. The molecule has 2 aromatic rings. The maximum absolute atomic E-state index is 11.5. The van der Waals surface area contributed by atoms with Crippen LogP contribution in [0.1, 0.15) is 21.6 Å². The van der Waals surface area contributed by atoms with Crippen LogP contribution < -0.4 is 16.4 Å². The van der Waals surface area contributed by atoms with Crippen molar-refractivity contribution in [2.45, 2.75) is 13.0 Å². The Morgan fingerprint density at radius 3 is 2.65 bits per heavy atom. The number of carbonyl (C=O) groups is 1. The van der Waals surface area contributed by atoms with Crippen LogP contribution in [0, 0.1) is 0 Å². The molecular formula is C17H21N5O. The molecular weight excluding hydrogens is 290 g/mol. The highest BCUT2D eigenvalue weighted by Gasteiger charge is 2.02. The van der Waals surface area contributed by atoms with Crippen molar-refractivity contribution in [3.05, 3.63) is 65.5 Å². The van der Waals surface area contributed by atoms with Gasteiger partial charge >= 0.3 is 0 Å². The molecule has 4 N–H and O–H groups in total. The third-order valence-electron chi connectivity index (χ3n) is 3.29. The standard InChI is InChI=1S/C17H21N5O/c1-19-16(23)14-7-5-13(6-8-14)12-22-17(18)21-11-9-15-4-2-3-10-20-15/h2-8,10H,9,11-12H2,1H3,(H,19,23)(H3,18,21,22). The van der Waals surface area contributed by atoms with Crippen LogP contribution in [0.25, 0.3) is 0 Å². The van der Waals surface area contributed by atoms with Crippen LogP contribution in [-0.4, -0.2) is 30.4 Å². The topological polar surface area (TPSA) is 92.4 Å². The number of amides is 1. The van der Waals surface area contributed by atoms with Crippen LogP contribution in [0.4, 0.5) is 0 Å². The Hall–Kier alpha value is -2.89. The van der Waals surface area contributed by atoms with Crippen LogP contribution in [-0.2, 0) is 13.0 Å². The van der Waals surface area contributed by atoms with E-state index in [0.29, 0.717) is 24.6 Å². The fourth-order valence-corrected chi connectivity index (χ4v) is 2.00. The number of aliphatic imine (C=N–C) groups is 1. The molecule has 1 aromatic carbocycles. The third kappa shape index (κ3) is 5.43. The Bertz CT molecular complexity index is 652. The maximum Gasteiger partial charge on any atom is 0.251 e. The fraction of sp³-hybridized carbons (Fsp3) is 0.235. The van der Waals surface area contributed by atoms with Crippen molar-refractivity contribution >= 4 is 11.9 Å². The fourth-order valence-electron chi connectivity index (χ4n) is 2.00. The van der Waals surface area contributed by atoms with Crippen molar-refractivity contribution in [2.75, 3.05) is 13.6 Å². The second-order valence-corrected chi connectivity index (χ2v) is 4.98. The minimum Gasteiger partial charge on any atom is -0.370 e. The molecule has 0 radical (unpaired) electrons. The van der Waals surface area contributed by atoms with E-state index in [9.17, 15) is 4.79 Å². The van der Waals surface area contributed by atoms with Gasteiger partial charge in [-0.1, -0.05) is 18.2 Å². The van der Waals surface area contributed by atoms with Gasteiger partial charge in [0.15, 0.2) is 5.96 Å². The van der Waals surface area contributed by atoms with Crippen molar-refractivity contribution in [1.29, 1.82) is 0 Å². The summed E-state index contributed by atoms with van der Waals surface area (Å²) in [7, 11) is 1.61. The van der Waals surface area contributed by atoms with Gasteiger partial charge in [0.05, 0.1) is 6.54 Å². The molecule has 23 heavy (non-hydrogen) atoms. The number of nitrogens with zero attached hydrogens (tertiary/aromatic N) is 2. The van der Waals surface area contributed by atoms with Crippen LogP contribution in [0.15, 0.2) is 53.7 Å². The number of guanidine groups is 1. The normalized spacial score (nSPS) is 11.1. The number of hydrogen-bond acceptors (Lipinski definition) is 3. The Morgan fingerprint density at radius 2 is 2.00 bits per heavy atom. The molecule has 1 aromatic heterocycles. The predicted octanol–water partition coefficient (Wildman–Crippen LogP) is 1.09. The molecule has 1 heterocycles. The van der Waals surface area contributed by atoms with Gasteiger partial charge in [-0.2, -0.15) is 0 Å². The van der Waals surface area contributed by atoms with Crippen molar-refractivity contribution in [3.63, 3.8) is 0 Å². The average molecular weight is 311 g/mol. The highest BCUT2D eigenvalue weighted by Crippen LogP contribution is 2.05. The SMILES string of the molecule is CNC(=O)c1ccc(CN=C(N)NCCc2ccccn2)cc1. The average Bonchev–Trinajstić information content (AvgIpc) is 2.60. The Morgan fingerprint density at radius 1 is 1.22 bits per heavy atom. The Balaban J connectivity index is 1.79. The highest BCUT2D eigenvalue weighted by atomic mass is 16.1. The summed E-state index contributed by atoms with van der Waals surface area (Å²) in [5.74, 6) is 0.298. The van der Waals surface area contributed by atoms with E-state index in [1.54, 1.807) is 25.4 Å². The van der Waals surface area contributed by atoms with Crippen LogP contribution >= 0.6 is 0 Å². The van der Waals surface area contributed by atoms with Gasteiger partial charge in [-0.25, -0.2) is 4.99 Å². The van der Waals surface area contributed by atoms with Crippen LogP contribution in [0.2, 0.25) is 0 Å². The molecule has 0 atom stereocenters. The molecule has 0 spiro atoms. The molecule has 0 aliphatic carbocycles. The summed E-state index contributed by atoms with van der Waals surface area (Å²) >= 11 is 0. The van der Waals surface area contributed by atoms with E-state index in [2.05, 4.69) is 20.6 Å². The Kier molecular flexibility index (Phi) is 6.11. The first-order valence-electron chi connectivity index (χ1n) is 7.44. The number of hydrogen-bond donors (Lipinski definition) is 3. The van der Waals surface area contributed by atoms with E-state index in [-0.39, 0.29) is 5.91 Å². The van der Waals surface area contributed by atoms with Crippen LogP contribution in [0.3, 0.4) is 0 Å². The minimum absolute atomic E-state index is 0.101. The molecule has 2 rings (SSSR count). The second kappa shape index (κ2) is 8.53. The van der Waals surface area contributed by atoms with Gasteiger partial charge in [0, 0.05) is 37.5 Å². The van der Waals surface area contributed by atoms with E-state index in [1.165, 1.54) is 0 Å². The number of carbonyl (C=O) groups excluding carboxylic acids is 1. The third-order valence-corrected chi connectivity index (χ3v) is 3.29. The molecule has 0 saturated carbocycles. The van der Waals surface area contributed by atoms with E-state index >= 15 is 0 Å². The summed E-state index contributed by atoms with van der Waals surface area (Å²) in [6.45, 7) is 1.15. The zero-order valence-electron chi connectivity index (χ0n) is 13.1. The summed E-state index contributed by atoms with van der Waals surface area (Å²) < 4.78 is 0. The second-order valence-electron chi connectivity index (χ2n) is 4.98. The summed E-state index contributed by atoms with van der Waals surface area (Å²) in [6.07, 6.45) is 2.56. The first-order chi connectivity index (χ1) is 11.2. The molecule has 0 aliphatic heterocycles. The number of benzene rings is 1. The van der Waals surface area contributed by atoms with Gasteiger partial charge in [-0.05, 0) is 29.8 Å². The minimum atomic E-state index is -0.101. The molecule has 120 valence electrons. The number of pyridine rings is 1. The maximum atomic E-state index is 11.5. The lowest BCUT2D eigenvalue weighted by Crippen LogP contribution is -2.33. The zero-order chi connectivity index (χ0) is 16.5. The molecule has 0 saturated heterocycles. The first-order valence-corrected chi connectivity index (χ1v) is 7.44. The van der Waals surface area contributed by atoms with Gasteiger partial charge in [-0.15, -0.1) is 0 Å². The number of nitrogens with two attached hydrogens (primary N) is 1. The van der Waals surface area contributed by atoms with Crippen LogP contribution in [0.5, 0.6) is 0 Å². The van der Waals surface area contributed by atoms with E-state index in [4.69, 9.17) is 5.73 Å². The predicted molar refractivity (Wildman–Crippen MR) is 91.1 cm³/mol. The quantitative estimate of drug-likeness (QED) is 0.550. The smallest absolute Gasteiger partial charge is 0.251 e. The lowest BCUT2D eigenvalue weighted by Gasteiger charge is -2.06. The highest BCUT2D eigenvalue weighted by molar-refractivity contribution is 5.93. The van der Waals surface area contributed by atoms with Gasteiger partial charge in [0.2, 0.25) is 0 Å². The van der Waals surface area contributed by atoms with Gasteiger partial charge in [0.25, 0.3) is 5.91 Å². The number of rotatable bonds is 6. The summed E-state index contributed by atoms with van der Waals surface area (Å²) in [6, 6.07) is 13.1. The van der Waals surface area contributed by atoms with E-state index in [0.717, 1.165) is 17.7 Å². The van der Waals surface area contributed by atoms with Crippen molar-refractivity contribution in [1.82, 2.24) is 15.6 Å². The van der Waals surface area contributed by atoms with Crippen molar-refractivity contribution in [2.24, 2.45) is 10.7 Å². The largest absolute Gasteiger partial charge is 0.370 e. The van der Waals surface area contributed by atoms with Gasteiger partial charge < -0.3 is 16.4 Å². The summed E-state index contributed by atoms with van der Waals surface area (Å²) in [5.41, 5.74) is 8.47. The van der Waals surface area contributed by atoms with E-state index in [1.807, 2.05) is 30.3 Å². The summed E-state index contributed by atoms with van der Waals surface area (Å²) in [4.78, 5) is 20.0. The van der Waals surface area contributed by atoms with Gasteiger partial charge in [0.1, 0.15) is 0 Å². The molecule has 0 fully saturated rings. The molecule has 1 amide bonds. The number of nitrogens with one attached hydrogen (secondary N) is 2. The lowest BCUT2D eigenvalue weighted by atomic mass is 10.1. The molecule has 0 aliphatic rings. The van der Waals surface area contributed by atoms with E-state index < -0.39 is 0 Å². The zero-order valence-corrected chi connectivity index (χ0v) is 13.1. The lowest BCUT2D eigenvalue weighted by molar-refractivity contribution is 0.0963. The first kappa shape index (κ1) is 16.5. The monoisotopic (exact) mass is 311 g/mol.